The van der Waals surface area contributed by atoms with E-state index in [4.69, 9.17) is 0 Å². The summed E-state index contributed by atoms with van der Waals surface area (Å²) in [6, 6.07) is 12.3. The maximum atomic E-state index is 12.4. The van der Waals surface area contributed by atoms with Crippen LogP contribution in [0.5, 0.6) is 0 Å². The Morgan fingerprint density at radius 1 is 1.05 bits per heavy atom. The monoisotopic (exact) mass is 431 g/mol. The number of sulfonamides is 1. The molecule has 0 fully saturated rings. The van der Waals surface area contributed by atoms with Crippen LogP contribution in [0.2, 0.25) is 0 Å². The Kier molecular flexibility index (Phi) is 5.24. The van der Waals surface area contributed by atoms with Crippen molar-refractivity contribution in [2.45, 2.75) is 24.8 Å². The van der Waals surface area contributed by atoms with Gasteiger partial charge in [0.25, 0.3) is 0 Å². The smallest absolute Gasteiger partial charge is 0.207 e. The normalized spacial score (nSPS) is 13.1. The molecule has 2 rings (SSSR count). The van der Waals surface area contributed by atoms with Crippen LogP contribution in [0.15, 0.2) is 56.3 Å². The third-order valence-corrected chi connectivity index (χ3v) is 6.10. The molecular weight excluding hydrogens is 418 g/mol. The summed E-state index contributed by atoms with van der Waals surface area (Å²) in [4.78, 5) is 0.271. The van der Waals surface area contributed by atoms with E-state index in [2.05, 4.69) is 36.6 Å². The van der Waals surface area contributed by atoms with Crippen LogP contribution in [0.4, 0.5) is 0 Å². The van der Waals surface area contributed by atoms with E-state index in [1.807, 2.05) is 38.1 Å². The molecule has 1 N–H and O–H groups in total. The number of hydrogen-bond acceptors (Lipinski definition) is 2. The number of hydrogen-bond donors (Lipinski definition) is 1. The first-order valence-corrected chi connectivity index (χ1v) is 9.40. The third kappa shape index (κ3) is 4.16. The lowest BCUT2D eigenvalue weighted by Crippen LogP contribution is -2.26. The average molecular weight is 433 g/mol. The van der Waals surface area contributed by atoms with Crippen molar-refractivity contribution in [1.29, 1.82) is 0 Å². The summed E-state index contributed by atoms with van der Waals surface area (Å²) in [5, 5.41) is 0. The molecule has 2 aromatic carbocycles. The summed E-state index contributed by atoms with van der Waals surface area (Å²) in [6.45, 7) is 3.69. The minimum Gasteiger partial charge on any atom is -0.207 e. The van der Waals surface area contributed by atoms with Crippen LogP contribution >= 0.6 is 31.9 Å². The van der Waals surface area contributed by atoms with E-state index in [9.17, 15) is 8.42 Å². The van der Waals surface area contributed by atoms with Gasteiger partial charge >= 0.3 is 0 Å². The molecule has 0 spiro atoms. The number of nitrogens with one attached hydrogen (secondary N) is 1. The number of rotatable bonds is 4. The topological polar surface area (TPSA) is 46.2 Å². The Balaban J connectivity index is 2.24. The molecule has 0 saturated heterocycles. The maximum Gasteiger partial charge on any atom is 0.241 e. The second-order valence-electron chi connectivity index (χ2n) is 4.81. The molecule has 0 amide bonds. The number of halogens is 2. The molecule has 0 aliphatic heterocycles. The molecule has 0 aliphatic carbocycles. The van der Waals surface area contributed by atoms with Crippen molar-refractivity contribution in [2.24, 2.45) is 0 Å². The van der Waals surface area contributed by atoms with Gasteiger partial charge in [0.2, 0.25) is 10.0 Å². The fourth-order valence-electron chi connectivity index (χ4n) is 1.90. The lowest BCUT2D eigenvalue weighted by Gasteiger charge is -2.15. The molecule has 1 atom stereocenters. The summed E-state index contributed by atoms with van der Waals surface area (Å²) >= 11 is 6.74. The Labute approximate surface area is 142 Å². The van der Waals surface area contributed by atoms with Crippen LogP contribution in [0.1, 0.15) is 24.1 Å². The highest BCUT2D eigenvalue weighted by molar-refractivity contribution is 9.10. The molecule has 21 heavy (non-hydrogen) atoms. The summed E-state index contributed by atoms with van der Waals surface area (Å²) in [5.74, 6) is 0. The third-order valence-electron chi connectivity index (χ3n) is 3.14. The molecule has 0 saturated carbocycles. The van der Waals surface area contributed by atoms with E-state index in [1.165, 1.54) is 0 Å². The van der Waals surface area contributed by atoms with Gasteiger partial charge in [-0.1, -0.05) is 44.0 Å². The van der Waals surface area contributed by atoms with Crippen molar-refractivity contribution in [3.05, 3.63) is 62.5 Å². The van der Waals surface area contributed by atoms with Crippen molar-refractivity contribution in [2.75, 3.05) is 0 Å². The van der Waals surface area contributed by atoms with E-state index in [1.54, 1.807) is 18.2 Å². The highest BCUT2D eigenvalue weighted by Gasteiger charge is 2.18. The van der Waals surface area contributed by atoms with Crippen molar-refractivity contribution < 1.29 is 8.42 Å². The first kappa shape index (κ1) is 16.7. The van der Waals surface area contributed by atoms with Gasteiger partial charge in [0.05, 0.1) is 4.90 Å². The largest absolute Gasteiger partial charge is 0.241 e. The molecule has 0 heterocycles. The second kappa shape index (κ2) is 6.60. The van der Waals surface area contributed by atoms with Gasteiger partial charge in [0.15, 0.2) is 0 Å². The van der Waals surface area contributed by atoms with Gasteiger partial charge in [0, 0.05) is 15.0 Å². The van der Waals surface area contributed by atoms with Crippen LogP contribution in [0, 0.1) is 6.92 Å². The zero-order valence-corrected chi connectivity index (χ0v) is 15.6. The lowest BCUT2D eigenvalue weighted by atomic mass is 10.1. The zero-order valence-electron chi connectivity index (χ0n) is 11.6. The van der Waals surface area contributed by atoms with Gasteiger partial charge in [0.1, 0.15) is 0 Å². The molecule has 0 unspecified atom stereocenters. The lowest BCUT2D eigenvalue weighted by molar-refractivity contribution is 0.567. The SMILES string of the molecule is Cc1cc(S(=O)(=O)N[C@@H](C)c2ccc(Br)cc2)ccc1Br. The van der Waals surface area contributed by atoms with Crippen molar-refractivity contribution in [3.8, 4) is 0 Å². The predicted octanol–water partition coefficient (Wildman–Crippen LogP) is 4.56. The Morgan fingerprint density at radius 3 is 2.24 bits per heavy atom. The summed E-state index contributed by atoms with van der Waals surface area (Å²) in [5.41, 5.74) is 1.80. The van der Waals surface area contributed by atoms with Gasteiger partial charge in [-0.3, -0.25) is 0 Å². The first-order chi connectivity index (χ1) is 9.79. The summed E-state index contributed by atoms with van der Waals surface area (Å²) < 4.78 is 29.4. The molecule has 0 radical (unpaired) electrons. The van der Waals surface area contributed by atoms with E-state index in [-0.39, 0.29) is 10.9 Å². The quantitative estimate of drug-likeness (QED) is 0.769. The molecule has 0 aromatic heterocycles. The second-order valence-corrected chi connectivity index (χ2v) is 8.29. The van der Waals surface area contributed by atoms with E-state index < -0.39 is 10.0 Å². The fourth-order valence-corrected chi connectivity index (χ4v) is 3.73. The van der Waals surface area contributed by atoms with Crippen molar-refractivity contribution in [1.82, 2.24) is 4.72 Å². The van der Waals surface area contributed by atoms with Gasteiger partial charge in [-0.25, -0.2) is 13.1 Å². The Hall–Kier alpha value is -0.690. The molecule has 112 valence electrons. The fraction of sp³-hybridized carbons (Fsp3) is 0.200. The maximum absolute atomic E-state index is 12.4. The van der Waals surface area contributed by atoms with Crippen LogP contribution < -0.4 is 4.72 Å². The summed E-state index contributed by atoms with van der Waals surface area (Å²) in [6.07, 6.45) is 0. The highest BCUT2D eigenvalue weighted by atomic mass is 79.9. The Bertz CT molecular complexity index is 743. The molecule has 0 bridgehead atoms. The van der Waals surface area contributed by atoms with Crippen LogP contribution in [0.25, 0.3) is 0 Å². The minimum atomic E-state index is -3.54. The number of benzene rings is 2. The molecule has 0 aliphatic rings. The van der Waals surface area contributed by atoms with Crippen LogP contribution in [0.3, 0.4) is 0 Å². The minimum absolute atomic E-state index is 0.271. The van der Waals surface area contributed by atoms with Gasteiger partial charge in [-0.05, 0) is 55.3 Å². The standard InChI is InChI=1S/C15H15Br2NO2S/c1-10-9-14(7-8-15(10)17)21(19,20)18-11(2)12-3-5-13(16)6-4-12/h3-9,11,18H,1-2H3/t11-/m0/s1. The highest BCUT2D eigenvalue weighted by Crippen LogP contribution is 2.22. The Morgan fingerprint density at radius 2 is 1.67 bits per heavy atom. The van der Waals surface area contributed by atoms with Crippen molar-refractivity contribution >= 4 is 41.9 Å². The van der Waals surface area contributed by atoms with Crippen LogP contribution in [-0.4, -0.2) is 8.42 Å². The van der Waals surface area contributed by atoms with E-state index >= 15 is 0 Å². The van der Waals surface area contributed by atoms with Gasteiger partial charge in [-0.2, -0.15) is 0 Å². The van der Waals surface area contributed by atoms with Gasteiger partial charge in [-0.15, -0.1) is 0 Å². The molecule has 6 heteroatoms. The van der Waals surface area contributed by atoms with E-state index in [0.717, 1.165) is 20.1 Å². The van der Waals surface area contributed by atoms with E-state index in [0.29, 0.717) is 0 Å². The molecule has 3 nitrogen and oxygen atoms in total. The molecule has 2 aromatic rings. The van der Waals surface area contributed by atoms with Gasteiger partial charge < -0.3 is 0 Å². The average Bonchev–Trinajstić information content (AvgIpc) is 2.42. The zero-order chi connectivity index (χ0) is 15.6. The first-order valence-electron chi connectivity index (χ1n) is 6.33. The number of aryl methyl sites for hydroxylation is 1. The molecular formula is C15H15Br2NO2S. The van der Waals surface area contributed by atoms with Crippen LogP contribution in [-0.2, 0) is 10.0 Å². The predicted molar refractivity (Wildman–Crippen MR) is 91.8 cm³/mol. The van der Waals surface area contributed by atoms with Crippen molar-refractivity contribution in [3.63, 3.8) is 0 Å². The summed E-state index contributed by atoms with van der Waals surface area (Å²) in [7, 11) is -3.54.